The van der Waals surface area contributed by atoms with E-state index < -0.39 is 18.7 Å². The van der Waals surface area contributed by atoms with E-state index in [0.717, 1.165) is 11.1 Å². The summed E-state index contributed by atoms with van der Waals surface area (Å²) in [5, 5.41) is 2.97. The van der Waals surface area contributed by atoms with E-state index in [0.29, 0.717) is 17.9 Å². The molecule has 1 heterocycles. The van der Waals surface area contributed by atoms with Crippen LogP contribution in [0.1, 0.15) is 17.2 Å². The maximum Gasteiger partial charge on any atom is 0.351 e. The third-order valence-electron chi connectivity index (χ3n) is 4.94. The number of fused-ring (bicyclic) bond motifs is 1. The highest BCUT2D eigenvalue weighted by atomic mass is 16.6. The van der Waals surface area contributed by atoms with Gasteiger partial charge in [0.25, 0.3) is 5.91 Å². The molecule has 1 amide bonds. The summed E-state index contributed by atoms with van der Waals surface area (Å²) in [6.07, 6.45) is -0.280. The number of benzene rings is 3. The molecule has 3 aromatic rings. The van der Waals surface area contributed by atoms with Gasteiger partial charge in [0, 0.05) is 0 Å². The molecule has 6 nitrogen and oxygen atoms in total. The van der Waals surface area contributed by atoms with E-state index in [1.807, 2.05) is 66.7 Å². The quantitative estimate of drug-likeness (QED) is 0.596. The van der Waals surface area contributed by atoms with Crippen LogP contribution >= 0.6 is 0 Å². The van der Waals surface area contributed by atoms with Crippen molar-refractivity contribution in [3.63, 3.8) is 0 Å². The normalized spacial score (nSPS) is 15.5. The fourth-order valence-electron chi connectivity index (χ4n) is 3.39. The van der Waals surface area contributed by atoms with Crippen LogP contribution in [-0.4, -0.2) is 31.2 Å². The van der Waals surface area contributed by atoms with Crippen LogP contribution in [0.4, 0.5) is 0 Å². The van der Waals surface area contributed by atoms with Crippen LogP contribution in [0.2, 0.25) is 0 Å². The lowest BCUT2D eigenvalue weighted by atomic mass is 9.99. The number of hydrogen-bond acceptors (Lipinski definition) is 5. The fourth-order valence-corrected chi connectivity index (χ4v) is 3.39. The predicted octanol–water partition coefficient (Wildman–Crippen LogP) is 3.47. The number of esters is 1. The SMILES string of the molecule is O=C(COC(=O)[C@H]1COc2ccccc2O1)N[C@@H](Cc1ccccc1)c1ccccc1. The predicted molar refractivity (Wildman–Crippen MR) is 115 cm³/mol. The molecule has 31 heavy (non-hydrogen) atoms. The molecule has 2 atom stereocenters. The molecule has 0 aliphatic carbocycles. The second kappa shape index (κ2) is 9.80. The van der Waals surface area contributed by atoms with Crippen molar-refractivity contribution in [3.05, 3.63) is 96.1 Å². The Morgan fingerprint density at radius 3 is 2.29 bits per heavy atom. The van der Waals surface area contributed by atoms with Crippen molar-refractivity contribution in [2.75, 3.05) is 13.2 Å². The molecule has 0 aromatic heterocycles. The van der Waals surface area contributed by atoms with Gasteiger partial charge in [-0.3, -0.25) is 4.79 Å². The number of carbonyl (C=O) groups is 2. The van der Waals surface area contributed by atoms with Gasteiger partial charge < -0.3 is 19.5 Å². The molecule has 6 heteroatoms. The Morgan fingerprint density at radius 1 is 0.903 bits per heavy atom. The van der Waals surface area contributed by atoms with E-state index in [1.165, 1.54) is 0 Å². The molecule has 3 aromatic carbocycles. The van der Waals surface area contributed by atoms with Crippen LogP contribution < -0.4 is 14.8 Å². The van der Waals surface area contributed by atoms with Gasteiger partial charge in [-0.05, 0) is 29.7 Å². The molecule has 0 bridgehead atoms. The molecule has 0 saturated heterocycles. The molecule has 0 saturated carbocycles. The maximum atomic E-state index is 12.5. The second-order valence-electron chi connectivity index (χ2n) is 7.19. The standard InChI is InChI=1S/C25H23NO5/c27-24(17-30-25(28)23-16-29-21-13-7-8-14-22(21)31-23)26-20(19-11-5-2-6-12-19)15-18-9-3-1-4-10-18/h1-14,20,23H,15-17H2,(H,26,27)/t20-,23+/m0/s1. The minimum Gasteiger partial charge on any atom is -0.485 e. The lowest BCUT2D eigenvalue weighted by Gasteiger charge is -2.25. The summed E-state index contributed by atoms with van der Waals surface area (Å²) in [7, 11) is 0. The molecule has 0 spiro atoms. The smallest absolute Gasteiger partial charge is 0.351 e. The highest BCUT2D eigenvalue weighted by Crippen LogP contribution is 2.31. The van der Waals surface area contributed by atoms with Crippen LogP contribution in [0.3, 0.4) is 0 Å². The fraction of sp³-hybridized carbons (Fsp3) is 0.200. The molecule has 4 rings (SSSR count). The van der Waals surface area contributed by atoms with Gasteiger partial charge in [0.05, 0.1) is 6.04 Å². The van der Waals surface area contributed by atoms with E-state index in [2.05, 4.69) is 5.32 Å². The molecule has 0 unspecified atom stereocenters. The average molecular weight is 417 g/mol. The second-order valence-corrected chi connectivity index (χ2v) is 7.19. The van der Waals surface area contributed by atoms with Gasteiger partial charge >= 0.3 is 5.97 Å². The van der Waals surface area contributed by atoms with Crippen molar-refractivity contribution in [1.29, 1.82) is 0 Å². The first kappa shape index (κ1) is 20.5. The highest BCUT2D eigenvalue weighted by Gasteiger charge is 2.29. The molecule has 0 fully saturated rings. The summed E-state index contributed by atoms with van der Waals surface area (Å²) >= 11 is 0. The molecule has 1 aliphatic rings. The van der Waals surface area contributed by atoms with Crippen molar-refractivity contribution >= 4 is 11.9 Å². The Kier molecular flexibility index (Phi) is 6.47. The average Bonchev–Trinajstić information content (AvgIpc) is 2.83. The first-order valence-corrected chi connectivity index (χ1v) is 10.1. The van der Waals surface area contributed by atoms with Crippen LogP contribution in [-0.2, 0) is 20.7 Å². The minimum absolute atomic E-state index is 0.0398. The summed E-state index contributed by atoms with van der Waals surface area (Å²) < 4.78 is 16.3. The summed E-state index contributed by atoms with van der Waals surface area (Å²) in [6, 6.07) is 26.5. The number of hydrogen-bond donors (Lipinski definition) is 1. The van der Waals surface area contributed by atoms with E-state index in [4.69, 9.17) is 14.2 Å². The Labute approximate surface area is 180 Å². The van der Waals surface area contributed by atoms with Crippen molar-refractivity contribution < 1.29 is 23.8 Å². The van der Waals surface area contributed by atoms with Crippen LogP contribution in [0.5, 0.6) is 11.5 Å². The number of rotatable bonds is 7. The van der Waals surface area contributed by atoms with Gasteiger partial charge in [-0.15, -0.1) is 0 Å². The Balaban J connectivity index is 1.34. The number of amides is 1. The third-order valence-corrected chi connectivity index (χ3v) is 4.94. The number of carbonyl (C=O) groups excluding carboxylic acids is 2. The van der Waals surface area contributed by atoms with Gasteiger partial charge in [-0.1, -0.05) is 72.8 Å². The van der Waals surface area contributed by atoms with E-state index in [-0.39, 0.29) is 18.6 Å². The monoisotopic (exact) mass is 417 g/mol. The van der Waals surface area contributed by atoms with Gasteiger partial charge in [-0.2, -0.15) is 0 Å². The molecular formula is C25H23NO5. The molecular weight excluding hydrogens is 394 g/mol. The van der Waals surface area contributed by atoms with Gasteiger partial charge in [-0.25, -0.2) is 4.79 Å². The summed E-state index contributed by atoms with van der Waals surface area (Å²) in [6.45, 7) is -0.351. The lowest BCUT2D eigenvalue weighted by Crippen LogP contribution is -2.40. The molecule has 0 radical (unpaired) electrons. The Hall–Kier alpha value is -3.80. The number of para-hydroxylation sites is 2. The molecule has 158 valence electrons. The van der Waals surface area contributed by atoms with Gasteiger partial charge in [0.2, 0.25) is 6.10 Å². The number of ether oxygens (including phenoxy) is 3. The van der Waals surface area contributed by atoms with Crippen molar-refractivity contribution in [3.8, 4) is 11.5 Å². The van der Waals surface area contributed by atoms with E-state index >= 15 is 0 Å². The van der Waals surface area contributed by atoms with E-state index in [9.17, 15) is 9.59 Å². The van der Waals surface area contributed by atoms with Crippen LogP contribution in [0, 0.1) is 0 Å². The zero-order chi connectivity index (χ0) is 21.5. The summed E-state index contributed by atoms with van der Waals surface area (Å²) in [5.41, 5.74) is 2.08. The zero-order valence-electron chi connectivity index (χ0n) is 16.9. The van der Waals surface area contributed by atoms with Crippen molar-refractivity contribution in [2.45, 2.75) is 18.6 Å². The van der Waals surface area contributed by atoms with Crippen LogP contribution in [0.25, 0.3) is 0 Å². The Bertz CT molecular complexity index is 1020. The molecule has 1 aliphatic heterocycles. The molecule has 1 N–H and O–H groups in total. The topological polar surface area (TPSA) is 73.9 Å². The summed E-state index contributed by atoms with van der Waals surface area (Å²) in [4.78, 5) is 24.9. The maximum absolute atomic E-state index is 12.5. The van der Waals surface area contributed by atoms with Gasteiger partial charge in [0.1, 0.15) is 6.61 Å². The largest absolute Gasteiger partial charge is 0.485 e. The highest BCUT2D eigenvalue weighted by molar-refractivity contribution is 5.82. The van der Waals surface area contributed by atoms with Gasteiger partial charge in [0.15, 0.2) is 18.1 Å². The van der Waals surface area contributed by atoms with Crippen molar-refractivity contribution in [1.82, 2.24) is 5.32 Å². The van der Waals surface area contributed by atoms with Crippen LogP contribution in [0.15, 0.2) is 84.9 Å². The third kappa shape index (κ3) is 5.42. The lowest BCUT2D eigenvalue weighted by molar-refractivity contribution is -0.157. The number of nitrogens with one attached hydrogen (secondary N) is 1. The Morgan fingerprint density at radius 2 is 1.55 bits per heavy atom. The van der Waals surface area contributed by atoms with E-state index in [1.54, 1.807) is 18.2 Å². The first-order chi connectivity index (χ1) is 15.2. The summed E-state index contributed by atoms with van der Waals surface area (Å²) in [5.74, 6) is 0.0438. The first-order valence-electron chi connectivity index (χ1n) is 10.1. The van der Waals surface area contributed by atoms with Crippen molar-refractivity contribution in [2.24, 2.45) is 0 Å². The minimum atomic E-state index is -0.906. The zero-order valence-corrected chi connectivity index (χ0v) is 16.9.